The Morgan fingerprint density at radius 3 is 1.58 bits per heavy atom. The maximum atomic E-state index is 12.5. The molecule has 0 aliphatic heterocycles. The summed E-state index contributed by atoms with van der Waals surface area (Å²) in [6.45, 7) is 4.17. The highest BCUT2D eigenvalue weighted by Gasteiger charge is 2.25. The van der Waals surface area contributed by atoms with E-state index in [1.54, 1.807) is 6.26 Å². The molecule has 8 nitrogen and oxygen atoms in total. The van der Waals surface area contributed by atoms with Crippen molar-refractivity contribution in [2.75, 3.05) is 26.4 Å². The Balaban J connectivity index is 4.14. The number of hydrogen-bond donors (Lipinski definition) is 2. The van der Waals surface area contributed by atoms with Gasteiger partial charge in [-0.3, -0.25) is 13.8 Å². The van der Waals surface area contributed by atoms with E-state index in [0.717, 1.165) is 38.5 Å². The molecule has 52 heavy (non-hydrogen) atoms. The molecule has 0 amide bonds. The number of esters is 1. The van der Waals surface area contributed by atoms with Crippen LogP contribution < -0.4 is 5.73 Å². The summed E-state index contributed by atoms with van der Waals surface area (Å²) in [4.78, 5) is 22.4. The van der Waals surface area contributed by atoms with E-state index >= 15 is 0 Å². The second-order valence-electron chi connectivity index (χ2n) is 13.9. The monoisotopic (exact) mass is 754 g/mol. The van der Waals surface area contributed by atoms with Gasteiger partial charge in [0.2, 0.25) is 0 Å². The van der Waals surface area contributed by atoms with Crippen molar-refractivity contribution in [1.82, 2.24) is 0 Å². The van der Waals surface area contributed by atoms with Crippen LogP contribution in [0.3, 0.4) is 0 Å². The molecular formula is C43H80NO7P. The van der Waals surface area contributed by atoms with E-state index in [1.165, 1.54) is 122 Å². The zero-order valence-electron chi connectivity index (χ0n) is 33.5. The molecule has 9 heteroatoms. The fraction of sp³-hybridized carbons (Fsp3) is 0.791. The summed E-state index contributed by atoms with van der Waals surface area (Å²) in [5.41, 5.74) is 5.35. The molecule has 0 aromatic heterocycles. The summed E-state index contributed by atoms with van der Waals surface area (Å²) >= 11 is 0. The third-order valence-electron chi connectivity index (χ3n) is 8.81. The van der Waals surface area contributed by atoms with Crippen molar-refractivity contribution >= 4 is 13.8 Å². The Bertz CT molecular complexity index is 936. The number of rotatable bonds is 40. The lowest BCUT2D eigenvalue weighted by Crippen LogP contribution is -2.27. The molecular weight excluding hydrogens is 673 g/mol. The van der Waals surface area contributed by atoms with Crippen LogP contribution in [-0.4, -0.2) is 43.3 Å². The van der Waals surface area contributed by atoms with Crippen LogP contribution in [0.2, 0.25) is 0 Å². The van der Waals surface area contributed by atoms with E-state index in [9.17, 15) is 14.3 Å². The quantitative estimate of drug-likeness (QED) is 0.0209. The number of nitrogens with two attached hydrogens (primary N) is 1. The van der Waals surface area contributed by atoms with Gasteiger partial charge in [-0.05, 0) is 63.9 Å². The summed E-state index contributed by atoms with van der Waals surface area (Å²) in [5.74, 6) is -0.389. The van der Waals surface area contributed by atoms with Crippen LogP contribution >= 0.6 is 7.82 Å². The molecule has 0 aromatic carbocycles. The van der Waals surface area contributed by atoms with Crippen LogP contribution in [0.1, 0.15) is 187 Å². The predicted octanol–water partition coefficient (Wildman–Crippen LogP) is 12.8. The number of phosphoric ester groups is 1. The smallest absolute Gasteiger partial charge is 0.472 e. The van der Waals surface area contributed by atoms with Crippen molar-refractivity contribution in [3.63, 3.8) is 0 Å². The summed E-state index contributed by atoms with van der Waals surface area (Å²) in [6, 6.07) is 0. The normalized spacial score (nSPS) is 13.9. The van der Waals surface area contributed by atoms with Gasteiger partial charge in [0.15, 0.2) is 6.10 Å². The van der Waals surface area contributed by atoms with Crippen molar-refractivity contribution in [2.24, 2.45) is 5.73 Å². The third kappa shape index (κ3) is 39.5. The number of unbranched alkanes of at least 4 members (excludes halogenated alkanes) is 21. The van der Waals surface area contributed by atoms with E-state index in [4.69, 9.17) is 24.3 Å². The van der Waals surface area contributed by atoms with Crippen LogP contribution in [0, 0.1) is 0 Å². The van der Waals surface area contributed by atoms with Crippen LogP contribution in [0.15, 0.2) is 48.8 Å². The molecule has 0 spiro atoms. The van der Waals surface area contributed by atoms with Crippen LogP contribution in [0.4, 0.5) is 0 Å². The molecule has 3 N–H and O–H groups in total. The first-order chi connectivity index (χ1) is 25.4. The molecule has 0 rings (SSSR count). The minimum atomic E-state index is -4.30. The number of carbonyl (C=O) groups excluding carboxylic acids is 1. The van der Waals surface area contributed by atoms with Crippen molar-refractivity contribution in [1.29, 1.82) is 0 Å². The van der Waals surface area contributed by atoms with Gasteiger partial charge in [-0.15, -0.1) is 0 Å². The number of allylic oxidation sites excluding steroid dienone is 7. The molecule has 304 valence electrons. The second kappa shape index (κ2) is 40.5. The van der Waals surface area contributed by atoms with E-state index in [-0.39, 0.29) is 38.8 Å². The summed E-state index contributed by atoms with van der Waals surface area (Å²) < 4.78 is 33.1. The van der Waals surface area contributed by atoms with Crippen molar-refractivity contribution in [3.05, 3.63) is 48.8 Å². The second-order valence-corrected chi connectivity index (χ2v) is 15.4. The largest absolute Gasteiger partial charge is 0.498 e. The first-order valence-corrected chi connectivity index (χ1v) is 22.7. The van der Waals surface area contributed by atoms with Gasteiger partial charge in [0, 0.05) is 13.0 Å². The van der Waals surface area contributed by atoms with E-state index in [0.29, 0.717) is 6.42 Å². The zero-order chi connectivity index (χ0) is 38.1. The zero-order valence-corrected chi connectivity index (χ0v) is 34.4. The maximum Gasteiger partial charge on any atom is 0.472 e. The molecule has 0 heterocycles. The van der Waals surface area contributed by atoms with Gasteiger partial charge in [-0.25, -0.2) is 4.57 Å². The number of hydrogen-bond acceptors (Lipinski definition) is 7. The van der Waals surface area contributed by atoms with Crippen molar-refractivity contribution in [3.8, 4) is 0 Å². The standard InChI is InChI=1S/C43H80NO7P/c1-3-5-7-9-11-13-15-17-19-20-21-23-25-27-29-31-33-35-38-48-40-42(41-50-52(46,47)49-39-37-44)51-43(45)36-34-32-30-28-26-24-22-18-16-14-12-10-8-6-4-2/h12,14,18,22,26,28,35,38,42H,3-11,13,15-17,19-21,23-25,27,29-34,36-37,39-41,44H2,1-2H3,(H,46,47)/b14-12-,22-18-,28-26-,38-35-/t42-/m1/s1. The number of ether oxygens (including phenoxy) is 2. The topological polar surface area (TPSA) is 117 Å². The highest BCUT2D eigenvalue weighted by Crippen LogP contribution is 2.43. The molecule has 0 radical (unpaired) electrons. The summed E-state index contributed by atoms with van der Waals surface area (Å²) in [7, 11) is -4.30. The number of carbonyl (C=O) groups is 1. The fourth-order valence-electron chi connectivity index (χ4n) is 5.67. The first-order valence-electron chi connectivity index (χ1n) is 21.2. The molecule has 1 unspecified atom stereocenters. The molecule has 0 aliphatic rings. The fourth-order valence-corrected chi connectivity index (χ4v) is 6.44. The lowest BCUT2D eigenvalue weighted by atomic mass is 10.0. The van der Waals surface area contributed by atoms with Gasteiger partial charge in [0.05, 0.1) is 19.5 Å². The predicted molar refractivity (Wildman–Crippen MR) is 219 cm³/mol. The van der Waals surface area contributed by atoms with Crippen LogP contribution in [0.25, 0.3) is 0 Å². The molecule has 0 bridgehead atoms. The Hall–Kier alpha value is -1.70. The van der Waals surface area contributed by atoms with Crippen molar-refractivity contribution < 1.29 is 32.8 Å². The van der Waals surface area contributed by atoms with Gasteiger partial charge < -0.3 is 20.1 Å². The van der Waals surface area contributed by atoms with E-state index in [2.05, 4.69) is 50.3 Å². The van der Waals surface area contributed by atoms with Crippen LogP contribution in [-0.2, 0) is 27.9 Å². The van der Waals surface area contributed by atoms with Gasteiger partial charge >= 0.3 is 13.8 Å². The van der Waals surface area contributed by atoms with Crippen LogP contribution in [0.5, 0.6) is 0 Å². The highest BCUT2D eigenvalue weighted by molar-refractivity contribution is 7.47. The Labute approximate surface area is 320 Å². The van der Waals surface area contributed by atoms with Gasteiger partial charge in [0.25, 0.3) is 0 Å². The molecule has 2 atom stereocenters. The first kappa shape index (κ1) is 50.3. The highest BCUT2D eigenvalue weighted by atomic mass is 31.2. The van der Waals surface area contributed by atoms with Gasteiger partial charge in [-0.1, -0.05) is 159 Å². The molecule has 0 saturated heterocycles. The SMILES string of the molecule is CCCCC/C=C\C/C=C\C/C=C\CCCCC(=O)O[C@H](CO/C=C\CCCCCCCCCCCCCCCCCC)COP(=O)(O)OCCN. The Kier molecular flexibility index (Phi) is 39.2. The minimum Gasteiger partial charge on any atom is -0.498 e. The van der Waals surface area contributed by atoms with E-state index in [1.807, 2.05) is 6.08 Å². The molecule has 0 aromatic rings. The molecule has 0 saturated carbocycles. The summed E-state index contributed by atoms with van der Waals surface area (Å²) in [6.07, 6.45) is 48.0. The van der Waals surface area contributed by atoms with Gasteiger partial charge in [-0.2, -0.15) is 0 Å². The van der Waals surface area contributed by atoms with E-state index < -0.39 is 13.9 Å². The Morgan fingerprint density at radius 1 is 0.596 bits per heavy atom. The minimum absolute atomic E-state index is 0.0169. The number of phosphoric acid groups is 1. The summed E-state index contributed by atoms with van der Waals surface area (Å²) in [5, 5.41) is 0. The molecule has 0 fully saturated rings. The third-order valence-corrected chi connectivity index (χ3v) is 9.80. The average Bonchev–Trinajstić information content (AvgIpc) is 3.13. The Morgan fingerprint density at radius 2 is 1.04 bits per heavy atom. The molecule has 0 aliphatic carbocycles. The maximum absolute atomic E-state index is 12.5. The lowest BCUT2D eigenvalue weighted by molar-refractivity contribution is -0.153. The van der Waals surface area contributed by atoms with Crippen molar-refractivity contribution in [2.45, 2.75) is 193 Å². The lowest BCUT2D eigenvalue weighted by Gasteiger charge is -2.19. The van der Waals surface area contributed by atoms with Gasteiger partial charge in [0.1, 0.15) is 6.61 Å². The average molecular weight is 754 g/mol.